The van der Waals surface area contributed by atoms with E-state index in [1.54, 1.807) is 29.2 Å². The molecule has 1 unspecified atom stereocenters. The summed E-state index contributed by atoms with van der Waals surface area (Å²) in [7, 11) is -2.27. The van der Waals surface area contributed by atoms with Gasteiger partial charge in [0, 0.05) is 37.2 Å². The van der Waals surface area contributed by atoms with Gasteiger partial charge in [-0.25, -0.2) is 13.2 Å². The van der Waals surface area contributed by atoms with Crippen LogP contribution in [-0.4, -0.2) is 89.9 Å². The molecule has 0 spiro atoms. The highest BCUT2D eigenvalue weighted by molar-refractivity contribution is 7.90. The average molecular weight is 633 g/mol. The fraction of sp³-hybridized carbons (Fsp3) is 0.344. The van der Waals surface area contributed by atoms with Crippen LogP contribution in [0.4, 0.5) is 0 Å². The first-order chi connectivity index (χ1) is 21.2. The highest BCUT2D eigenvalue weighted by atomic mass is 35.5. The smallest absolute Gasteiger partial charge is 0.338 e. The molecular weight excluding hydrogens is 600 g/mol. The van der Waals surface area contributed by atoms with Crippen molar-refractivity contribution in [1.82, 2.24) is 23.2 Å². The lowest BCUT2D eigenvalue weighted by molar-refractivity contribution is -0.135. The van der Waals surface area contributed by atoms with Crippen molar-refractivity contribution in [2.75, 3.05) is 46.3 Å². The monoisotopic (exact) mass is 632 g/mol. The van der Waals surface area contributed by atoms with Gasteiger partial charge in [-0.15, -0.1) is 0 Å². The normalized spacial score (nSPS) is 17.9. The number of carbonyl (C=O) groups is 1. The summed E-state index contributed by atoms with van der Waals surface area (Å²) in [4.78, 5) is 35.1. The van der Waals surface area contributed by atoms with Gasteiger partial charge in [-0.1, -0.05) is 41.9 Å². The molecule has 0 aliphatic carbocycles. The maximum atomic E-state index is 14.4. The Hall–Kier alpha value is -3.95. The van der Waals surface area contributed by atoms with Gasteiger partial charge >= 0.3 is 5.69 Å². The number of hydrogen-bond acceptors (Lipinski definition) is 7. The summed E-state index contributed by atoms with van der Waals surface area (Å²) < 4.78 is 29.8. The van der Waals surface area contributed by atoms with Gasteiger partial charge in [0.15, 0.2) is 0 Å². The number of halogens is 1. The van der Waals surface area contributed by atoms with E-state index in [4.69, 9.17) is 11.6 Å². The first kappa shape index (κ1) is 30.1. The number of aromatic nitrogens is 2. The molecule has 3 aromatic carbocycles. The van der Waals surface area contributed by atoms with Crippen molar-refractivity contribution in [3.63, 3.8) is 0 Å². The quantitative estimate of drug-likeness (QED) is 0.320. The molecule has 4 aromatic rings. The average Bonchev–Trinajstić information content (AvgIpc) is 3.33. The number of piperidine rings is 1. The van der Waals surface area contributed by atoms with E-state index in [1.807, 2.05) is 12.1 Å². The van der Waals surface area contributed by atoms with Crippen LogP contribution in [0.5, 0.6) is 0 Å². The molecule has 1 atom stereocenters. The number of benzene rings is 3. The molecule has 0 bridgehead atoms. The van der Waals surface area contributed by atoms with Crippen molar-refractivity contribution in [2.24, 2.45) is 0 Å². The highest BCUT2D eigenvalue weighted by Crippen LogP contribution is 2.30. The molecular formula is C32H33ClN6O4S. The number of fused-ring (bicyclic) bond motifs is 1. The van der Waals surface area contributed by atoms with Gasteiger partial charge in [-0.2, -0.15) is 9.23 Å². The summed E-state index contributed by atoms with van der Waals surface area (Å²) in [6.45, 7) is 4.59. The molecule has 1 aromatic heterocycles. The molecule has 2 aliphatic rings. The first-order valence-corrected chi connectivity index (χ1v) is 16.5. The number of nitriles is 1. The van der Waals surface area contributed by atoms with Crippen LogP contribution in [0.2, 0.25) is 5.02 Å². The van der Waals surface area contributed by atoms with Crippen molar-refractivity contribution < 1.29 is 13.2 Å². The van der Waals surface area contributed by atoms with E-state index in [1.165, 1.54) is 47.0 Å². The van der Waals surface area contributed by atoms with Crippen molar-refractivity contribution in [3.8, 4) is 6.07 Å². The number of imidazole rings is 1. The number of amides is 1. The molecule has 1 amide bonds. The van der Waals surface area contributed by atoms with Crippen LogP contribution in [0.15, 0.2) is 82.5 Å². The minimum Gasteiger partial charge on any atom is -0.338 e. The van der Waals surface area contributed by atoms with Crippen molar-refractivity contribution in [1.29, 1.82) is 5.26 Å². The predicted molar refractivity (Wildman–Crippen MR) is 168 cm³/mol. The molecule has 2 saturated heterocycles. The van der Waals surface area contributed by atoms with Crippen LogP contribution in [0.3, 0.4) is 0 Å². The molecule has 10 nitrogen and oxygen atoms in total. The molecule has 44 heavy (non-hydrogen) atoms. The summed E-state index contributed by atoms with van der Waals surface area (Å²) in [5.41, 5.74) is 0.304. The predicted octanol–water partition coefficient (Wildman–Crippen LogP) is 3.39. The van der Waals surface area contributed by atoms with Gasteiger partial charge < -0.3 is 9.80 Å². The minimum absolute atomic E-state index is 0.101. The SMILES string of the molecule is CN1CCC(N2CCN(C(=O)C(c3ccccc3)n3c(=O)n(S(=O)(=O)c4ccc(C#N)cc4)c4ccc(Cl)cc43)CC2)CC1. The van der Waals surface area contributed by atoms with Crippen LogP contribution < -0.4 is 5.69 Å². The molecule has 0 radical (unpaired) electrons. The minimum atomic E-state index is -4.41. The molecule has 2 fully saturated rings. The Morgan fingerprint density at radius 1 is 0.909 bits per heavy atom. The fourth-order valence-corrected chi connectivity index (χ4v) is 7.90. The third-order valence-corrected chi connectivity index (χ3v) is 10.7. The molecule has 6 rings (SSSR count). The summed E-state index contributed by atoms with van der Waals surface area (Å²) in [5, 5.41) is 9.47. The van der Waals surface area contributed by atoms with Gasteiger partial charge in [0.2, 0.25) is 0 Å². The van der Waals surface area contributed by atoms with Gasteiger partial charge in [0.05, 0.1) is 27.6 Å². The van der Waals surface area contributed by atoms with Gasteiger partial charge in [-0.05, 0) is 81.0 Å². The number of nitrogens with zero attached hydrogens (tertiary/aromatic N) is 6. The summed E-state index contributed by atoms with van der Waals surface area (Å²) in [6.07, 6.45) is 2.20. The maximum Gasteiger partial charge on any atom is 0.344 e. The van der Waals surface area contributed by atoms with Crippen molar-refractivity contribution >= 4 is 38.6 Å². The van der Waals surface area contributed by atoms with Crippen LogP contribution in [0, 0.1) is 11.3 Å². The molecule has 3 heterocycles. The molecule has 0 N–H and O–H groups in total. The first-order valence-electron chi connectivity index (χ1n) is 14.6. The van der Waals surface area contributed by atoms with Crippen LogP contribution in [-0.2, 0) is 14.8 Å². The highest BCUT2D eigenvalue weighted by Gasteiger charge is 2.36. The molecule has 12 heteroatoms. The second kappa shape index (κ2) is 12.2. The summed E-state index contributed by atoms with van der Waals surface area (Å²) in [5.74, 6) is -0.281. The van der Waals surface area contributed by atoms with Crippen LogP contribution in [0.1, 0.15) is 30.0 Å². The Morgan fingerprint density at radius 3 is 2.20 bits per heavy atom. The van der Waals surface area contributed by atoms with Crippen LogP contribution in [0.25, 0.3) is 11.0 Å². The van der Waals surface area contributed by atoms with E-state index >= 15 is 0 Å². The number of likely N-dealkylation sites (tertiary alicyclic amines) is 1. The van der Waals surface area contributed by atoms with Gasteiger partial charge in [0.1, 0.15) is 6.04 Å². The third-order valence-electron chi connectivity index (χ3n) is 8.76. The van der Waals surface area contributed by atoms with Crippen LogP contribution >= 0.6 is 11.6 Å². The number of hydrogen-bond donors (Lipinski definition) is 0. The lowest BCUT2D eigenvalue weighted by atomic mass is 10.0. The topological polar surface area (TPSA) is 112 Å². The van der Waals surface area contributed by atoms with E-state index < -0.39 is 21.8 Å². The zero-order valence-corrected chi connectivity index (χ0v) is 25.9. The summed E-state index contributed by atoms with van der Waals surface area (Å²) in [6, 6.07) is 20.2. The maximum absolute atomic E-state index is 14.4. The molecule has 2 aliphatic heterocycles. The number of piperazine rings is 1. The second-order valence-electron chi connectivity index (χ2n) is 11.4. The third kappa shape index (κ3) is 5.55. The molecule has 228 valence electrons. The lowest BCUT2D eigenvalue weighted by Crippen LogP contribution is -2.55. The lowest BCUT2D eigenvalue weighted by Gasteiger charge is -2.42. The Balaban J connectivity index is 1.42. The Morgan fingerprint density at radius 2 is 1.57 bits per heavy atom. The van der Waals surface area contributed by atoms with Gasteiger partial charge in [-0.3, -0.25) is 14.3 Å². The summed E-state index contributed by atoms with van der Waals surface area (Å²) >= 11 is 6.39. The number of rotatable bonds is 6. The van der Waals surface area contributed by atoms with E-state index in [2.05, 4.69) is 16.8 Å². The Kier molecular flexibility index (Phi) is 8.35. The van der Waals surface area contributed by atoms with E-state index in [0.29, 0.717) is 29.7 Å². The van der Waals surface area contributed by atoms with E-state index in [-0.39, 0.29) is 27.4 Å². The second-order valence-corrected chi connectivity index (χ2v) is 13.6. The van der Waals surface area contributed by atoms with E-state index in [0.717, 1.165) is 43.0 Å². The van der Waals surface area contributed by atoms with Gasteiger partial charge in [0.25, 0.3) is 15.9 Å². The standard InChI is InChI=1S/C32H33ClN6O4S/c1-35-15-13-26(14-16-35)36-17-19-37(20-18-36)31(40)30(24-5-3-2-4-6-24)38-29-21-25(33)9-12-28(29)39(32(38)41)44(42,43)27-10-7-23(22-34)8-11-27/h2-12,21,26,30H,13-20H2,1H3. The number of carbonyl (C=O) groups excluding carboxylic acids is 1. The zero-order valence-electron chi connectivity index (χ0n) is 24.3. The fourth-order valence-electron chi connectivity index (χ4n) is 6.33. The van der Waals surface area contributed by atoms with Crippen molar-refractivity contribution in [2.45, 2.75) is 29.8 Å². The van der Waals surface area contributed by atoms with Crippen molar-refractivity contribution in [3.05, 3.63) is 99.4 Å². The zero-order chi connectivity index (χ0) is 31.0. The Bertz CT molecular complexity index is 1880. The largest absolute Gasteiger partial charge is 0.344 e. The Labute approximate surface area is 261 Å². The molecule has 0 saturated carbocycles. The van der Waals surface area contributed by atoms with E-state index in [9.17, 15) is 23.3 Å².